The maximum absolute atomic E-state index is 5.77. The van der Waals surface area contributed by atoms with E-state index >= 15 is 0 Å². The molecule has 0 aromatic heterocycles. The highest BCUT2D eigenvalue weighted by atomic mass is 15.5. The second-order valence-corrected chi connectivity index (χ2v) is 4.67. The molecule has 0 saturated heterocycles. The van der Waals surface area contributed by atoms with Crippen molar-refractivity contribution in [2.24, 2.45) is 10.8 Å². The quantitative estimate of drug-likeness (QED) is 0.651. The monoisotopic (exact) mass is 195 g/mol. The van der Waals surface area contributed by atoms with Gasteiger partial charge in [0, 0.05) is 12.5 Å². The van der Waals surface area contributed by atoms with Crippen molar-refractivity contribution in [1.82, 2.24) is 5.01 Å². The zero-order valence-electron chi connectivity index (χ0n) is 9.08. The van der Waals surface area contributed by atoms with Gasteiger partial charge in [-0.2, -0.15) is 5.10 Å². The highest BCUT2D eigenvalue weighted by Crippen LogP contribution is 2.26. The minimum atomic E-state index is 0.526. The first-order valence-electron chi connectivity index (χ1n) is 5.88. The van der Waals surface area contributed by atoms with Gasteiger partial charge in [-0.3, -0.25) is 5.01 Å². The van der Waals surface area contributed by atoms with E-state index in [1.807, 2.05) is 0 Å². The van der Waals surface area contributed by atoms with Crippen LogP contribution in [0.15, 0.2) is 5.10 Å². The summed E-state index contributed by atoms with van der Waals surface area (Å²) in [7, 11) is 0. The van der Waals surface area contributed by atoms with Crippen LogP contribution in [0.3, 0.4) is 0 Å². The molecule has 2 N–H and O–H groups in total. The van der Waals surface area contributed by atoms with Crippen LogP contribution < -0.4 is 5.73 Å². The fourth-order valence-electron chi connectivity index (χ4n) is 2.65. The number of rotatable bonds is 1. The fraction of sp³-hybridized carbons (Fsp3) is 0.909. The molecule has 1 heterocycles. The Morgan fingerprint density at radius 3 is 2.36 bits per heavy atom. The van der Waals surface area contributed by atoms with Gasteiger partial charge in [0.15, 0.2) is 0 Å². The predicted octanol–water partition coefficient (Wildman–Crippen LogP) is 2.08. The molecule has 0 amide bonds. The summed E-state index contributed by atoms with van der Waals surface area (Å²) in [5.41, 5.74) is 5.77. The molecule has 0 aromatic rings. The molecule has 0 radical (unpaired) electrons. The molecule has 0 bridgehead atoms. The van der Waals surface area contributed by atoms with Gasteiger partial charge in [0.25, 0.3) is 0 Å². The standard InChI is InChI=1S/C11H21N3/c1-9-8-11(12)13-14(9)10-6-4-2-3-5-7-10/h9-10H,2-8H2,1H3,(H2,12,13). The van der Waals surface area contributed by atoms with Gasteiger partial charge < -0.3 is 5.73 Å². The van der Waals surface area contributed by atoms with E-state index < -0.39 is 0 Å². The second kappa shape index (κ2) is 4.20. The molecular formula is C11H21N3. The summed E-state index contributed by atoms with van der Waals surface area (Å²) in [6, 6.07) is 1.19. The lowest BCUT2D eigenvalue weighted by Crippen LogP contribution is -2.34. The fourth-order valence-corrected chi connectivity index (χ4v) is 2.65. The maximum atomic E-state index is 5.77. The van der Waals surface area contributed by atoms with E-state index in [2.05, 4.69) is 17.0 Å². The van der Waals surface area contributed by atoms with Crippen molar-refractivity contribution < 1.29 is 0 Å². The molecule has 1 atom stereocenters. The Bertz CT molecular complexity index is 217. The molecule has 2 rings (SSSR count). The molecule has 1 unspecified atom stereocenters. The molecule has 0 aromatic carbocycles. The third-order valence-corrected chi connectivity index (χ3v) is 3.40. The molecule has 3 nitrogen and oxygen atoms in total. The van der Waals surface area contributed by atoms with Crippen LogP contribution in [0.1, 0.15) is 51.9 Å². The van der Waals surface area contributed by atoms with Crippen LogP contribution in [0.25, 0.3) is 0 Å². The van der Waals surface area contributed by atoms with Crippen LogP contribution in [-0.2, 0) is 0 Å². The van der Waals surface area contributed by atoms with E-state index in [1.165, 1.54) is 38.5 Å². The Hall–Kier alpha value is -0.730. The molecule has 0 spiro atoms. The zero-order valence-corrected chi connectivity index (χ0v) is 9.08. The van der Waals surface area contributed by atoms with Crippen molar-refractivity contribution in [1.29, 1.82) is 0 Å². The smallest absolute Gasteiger partial charge is 0.121 e. The summed E-state index contributed by atoms with van der Waals surface area (Å²) in [4.78, 5) is 0. The van der Waals surface area contributed by atoms with Gasteiger partial charge in [-0.15, -0.1) is 0 Å². The van der Waals surface area contributed by atoms with Gasteiger partial charge in [0.2, 0.25) is 0 Å². The van der Waals surface area contributed by atoms with Crippen LogP contribution in [0.4, 0.5) is 0 Å². The van der Waals surface area contributed by atoms with Crippen molar-refractivity contribution in [2.75, 3.05) is 0 Å². The van der Waals surface area contributed by atoms with E-state index in [1.54, 1.807) is 0 Å². The first-order valence-corrected chi connectivity index (χ1v) is 5.88. The highest BCUT2D eigenvalue weighted by molar-refractivity contribution is 5.81. The first-order chi connectivity index (χ1) is 6.77. The molecule has 1 fully saturated rings. The minimum Gasteiger partial charge on any atom is -0.386 e. The van der Waals surface area contributed by atoms with Crippen molar-refractivity contribution in [3.05, 3.63) is 0 Å². The van der Waals surface area contributed by atoms with Crippen LogP contribution in [0, 0.1) is 0 Å². The second-order valence-electron chi connectivity index (χ2n) is 4.67. The third-order valence-electron chi connectivity index (χ3n) is 3.40. The van der Waals surface area contributed by atoms with Crippen LogP contribution >= 0.6 is 0 Å². The van der Waals surface area contributed by atoms with Crippen molar-refractivity contribution in [3.63, 3.8) is 0 Å². The van der Waals surface area contributed by atoms with Crippen molar-refractivity contribution in [2.45, 2.75) is 64.0 Å². The Kier molecular flexibility index (Phi) is 2.94. The number of amidine groups is 1. The van der Waals surface area contributed by atoms with Crippen molar-refractivity contribution in [3.8, 4) is 0 Å². The molecule has 1 aliphatic carbocycles. The number of hydrazone groups is 1. The summed E-state index contributed by atoms with van der Waals surface area (Å²) in [6.07, 6.45) is 9.10. The van der Waals surface area contributed by atoms with Gasteiger partial charge in [-0.05, 0) is 19.8 Å². The van der Waals surface area contributed by atoms with E-state index in [4.69, 9.17) is 5.73 Å². The Morgan fingerprint density at radius 2 is 1.86 bits per heavy atom. The molecule has 1 saturated carbocycles. The molecule has 2 aliphatic rings. The molecule has 3 heteroatoms. The van der Waals surface area contributed by atoms with E-state index in [-0.39, 0.29) is 0 Å². The lowest BCUT2D eigenvalue weighted by atomic mass is 10.1. The summed E-state index contributed by atoms with van der Waals surface area (Å²) < 4.78 is 0. The number of hydrogen-bond acceptors (Lipinski definition) is 3. The van der Waals surface area contributed by atoms with Gasteiger partial charge >= 0.3 is 0 Å². The maximum Gasteiger partial charge on any atom is 0.121 e. The third kappa shape index (κ3) is 2.02. The average molecular weight is 195 g/mol. The Morgan fingerprint density at radius 1 is 1.21 bits per heavy atom. The molecule has 80 valence electrons. The van der Waals surface area contributed by atoms with Gasteiger partial charge in [0.1, 0.15) is 5.84 Å². The number of nitrogens with zero attached hydrogens (tertiary/aromatic N) is 2. The van der Waals surface area contributed by atoms with Gasteiger partial charge in [0.05, 0.1) is 6.04 Å². The largest absolute Gasteiger partial charge is 0.386 e. The summed E-state index contributed by atoms with van der Waals surface area (Å²) in [5.74, 6) is 0.821. The van der Waals surface area contributed by atoms with E-state index in [9.17, 15) is 0 Å². The Balaban J connectivity index is 1.98. The average Bonchev–Trinajstić information content (AvgIpc) is 2.43. The molecule has 1 aliphatic heterocycles. The lowest BCUT2D eigenvalue weighted by Gasteiger charge is -2.29. The van der Waals surface area contributed by atoms with Crippen LogP contribution in [0.2, 0.25) is 0 Å². The highest BCUT2D eigenvalue weighted by Gasteiger charge is 2.27. The summed E-state index contributed by atoms with van der Waals surface area (Å²) >= 11 is 0. The van der Waals surface area contributed by atoms with Crippen LogP contribution in [-0.4, -0.2) is 22.9 Å². The molecular weight excluding hydrogens is 174 g/mol. The van der Waals surface area contributed by atoms with E-state index in [0.29, 0.717) is 12.1 Å². The Labute approximate surface area is 86.3 Å². The number of hydrogen-bond donors (Lipinski definition) is 1. The van der Waals surface area contributed by atoms with Crippen molar-refractivity contribution >= 4 is 5.84 Å². The SMILES string of the molecule is CC1CC(N)=NN1C1CCCCCC1. The zero-order chi connectivity index (χ0) is 9.97. The first kappa shape index (κ1) is 9.81. The summed E-state index contributed by atoms with van der Waals surface area (Å²) in [6.45, 7) is 2.23. The molecule has 14 heavy (non-hydrogen) atoms. The van der Waals surface area contributed by atoms with Gasteiger partial charge in [-0.25, -0.2) is 0 Å². The van der Waals surface area contributed by atoms with Crippen LogP contribution in [0.5, 0.6) is 0 Å². The van der Waals surface area contributed by atoms with Gasteiger partial charge in [-0.1, -0.05) is 25.7 Å². The van der Waals surface area contributed by atoms with E-state index in [0.717, 1.165) is 12.3 Å². The topological polar surface area (TPSA) is 41.6 Å². The summed E-state index contributed by atoms with van der Waals surface area (Å²) in [5, 5.41) is 6.73. The minimum absolute atomic E-state index is 0.526. The normalized spacial score (nSPS) is 30.2. The predicted molar refractivity (Wildman–Crippen MR) is 59.0 cm³/mol. The lowest BCUT2D eigenvalue weighted by molar-refractivity contribution is 0.155. The number of nitrogens with two attached hydrogens (primary N) is 1.